The number of hydrogen-bond donors (Lipinski definition) is 1. The van der Waals surface area contributed by atoms with Gasteiger partial charge in [0.2, 0.25) is 5.43 Å². The summed E-state index contributed by atoms with van der Waals surface area (Å²) in [6.45, 7) is 0. The molecule has 5 nitrogen and oxygen atoms in total. The van der Waals surface area contributed by atoms with Crippen molar-refractivity contribution in [2.75, 3.05) is 7.11 Å². The zero-order valence-electron chi connectivity index (χ0n) is 12.5. The van der Waals surface area contributed by atoms with Crippen LogP contribution in [0.3, 0.4) is 0 Å². The van der Waals surface area contributed by atoms with Gasteiger partial charge < -0.3 is 15.7 Å². The summed E-state index contributed by atoms with van der Waals surface area (Å²) in [4.78, 5) is 23.3. The van der Waals surface area contributed by atoms with E-state index in [1.54, 1.807) is 18.2 Å². The number of rotatable bonds is 2. The summed E-state index contributed by atoms with van der Waals surface area (Å²) in [5.74, 6) is -0.504. The molecule has 0 unspecified atom stereocenters. The second-order valence-electron chi connectivity index (χ2n) is 4.31. The average molecular weight is 294 g/mol. The molecule has 0 fully saturated rings. The summed E-state index contributed by atoms with van der Waals surface area (Å²) in [5.41, 5.74) is 0.518. The topological polar surface area (TPSA) is 76.7 Å². The quantitative estimate of drug-likeness (QED) is 0.522. The molecule has 0 spiro atoms. The number of methoxy groups -OCH3 is 1. The molecule has 0 bridgehead atoms. The van der Waals surface area contributed by atoms with E-state index in [9.17, 15) is 9.59 Å². The summed E-state index contributed by atoms with van der Waals surface area (Å²) in [6.07, 6.45) is 0. The summed E-state index contributed by atoms with van der Waals surface area (Å²) >= 11 is 0. The van der Waals surface area contributed by atoms with Crippen LogP contribution < -0.4 is 39.7 Å². The van der Waals surface area contributed by atoms with E-state index in [-0.39, 0.29) is 47.6 Å². The molecule has 1 aromatic heterocycles. The van der Waals surface area contributed by atoms with Crippen molar-refractivity contribution in [1.82, 2.24) is 0 Å². The number of benzene rings is 2. The minimum Gasteiger partial charge on any atom is -1.00 e. The number of ether oxygens (including phenoxy) is 1. The SMILES string of the molecule is COc1ccc2oc3cc(C(=O)O)ccc3c(=O)c2c1.[H-].[Na+]. The van der Waals surface area contributed by atoms with Crippen LogP contribution >= 0.6 is 0 Å². The second-order valence-corrected chi connectivity index (χ2v) is 4.31. The number of fused-ring (bicyclic) bond motifs is 2. The van der Waals surface area contributed by atoms with Crippen molar-refractivity contribution in [2.45, 2.75) is 0 Å². The molecular weight excluding hydrogens is 283 g/mol. The van der Waals surface area contributed by atoms with Crippen LogP contribution in [-0.4, -0.2) is 18.2 Å². The van der Waals surface area contributed by atoms with Crippen molar-refractivity contribution in [3.8, 4) is 5.75 Å². The summed E-state index contributed by atoms with van der Waals surface area (Å²) in [5, 5.41) is 9.70. The van der Waals surface area contributed by atoms with Gasteiger partial charge in [0.15, 0.2) is 0 Å². The molecule has 0 aliphatic rings. The predicted molar refractivity (Wildman–Crippen MR) is 74.6 cm³/mol. The minimum atomic E-state index is -1.07. The maximum atomic E-state index is 12.4. The van der Waals surface area contributed by atoms with Crippen molar-refractivity contribution in [3.05, 3.63) is 52.2 Å². The Morgan fingerprint density at radius 3 is 2.57 bits per heavy atom. The molecule has 1 heterocycles. The summed E-state index contributed by atoms with van der Waals surface area (Å²) in [6, 6.07) is 9.10. The van der Waals surface area contributed by atoms with E-state index in [2.05, 4.69) is 0 Å². The van der Waals surface area contributed by atoms with Crippen LogP contribution in [0.15, 0.2) is 45.6 Å². The fourth-order valence-electron chi connectivity index (χ4n) is 2.09. The van der Waals surface area contributed by atoms with Crippen LogP contribution in [0.1, 0.15) is 11.8 Å². The van der Waals surface area contributed by atoms with Gasteiger partial charge in [0.05, 0.1) is 23.4 Å². The van der Waals surface area contributed by atoms with Gasteiger partial charge in [-0.1, -0.05) is 0 Å². The van der Waals surface area contributed by atoms with Crippen LogP contribution in [0.4, 0.5) is 0 Å². The Balaban J connectivity index is 0.00000121. The maximum Gasteiger partial charge on any atom is 1.00 e. The number of aromatic carboxylic acids is 1. The molecule has 21 heavy (non-hydrogen) atoms. The number of carboxylic acid groups (broad SMARTS) is 1. The Kier molecular flexibility index (Phi) is 4.37. The van der Waals surface area contributed by atoms with E-state index in [1.165, 1.54) is 25.3 Å². The van der Waals surface area contributed by atoms with Crippen molar-refractivity contribution in [3.63, 3.8) is 0 Å². The first-order chi connectivity index (χ1) is 9.60. The number of carbonyl (C=O) groups is 1. The van der Waals surface area contributed by atoms with Crippen LogP contribution in [0.2, 0.25) is 0 Å². The maximum absolute atomic E-state index is 12.4. The zero-order chi connectivity index (χ0) is 14.3. The van der Waals surface area contributed by atoms with Gasteiger partial charge in [0.25, 0.3) is 0 Å². The van der Waals surface area contributed by atoms with Gasteiger partial charge in [-0.2, -0.15) is 0 Å². The van der Waals surface area contributed by atoms with Gasteiger partial charge >= 0.3 is 35.5 Å². The van der Waals surface area contributed by atoms with Gasteiger partial charge in [-0.3, -0.25) is 4.79 Å². The Hall–Kier alpha value is -1.82. The molecule has 0 saturated heterocycles. The van der Waals surface area contributed by atoms with Crippen LogP contribution in [0.25, 0.3) is 21.9 Å². The van der Waals surface area contributed by atoms with Gasteiger partial charge in [-0.15, -0.1) is 0 Å². The van der Waals surface area contributed by atoms with Crippen molar-refractivity contribution in [1.29, 1.82) is 0 Å². The first-order valence-corrected chi connectivity index (χ1v) is 5.88. The normalized spacial score (nSPS) is 10.3. The van der Waals surface area contributed by atoms with Gasteiger partial charge in [-0.05, 0) is 36.4 Å². The Morgan fingerprint density at radius 2 is 1.90 bits per heavy atom. The van der Waals surface area contributed by atoms with E-state index >= 15 is 0 Å². The molecular formula is C15H11NaO5. The first kappa shape index (κ1) is 15.6. The molecule has 0 amide bonds. The van der Waals surface area contributed by atoms with Crippen LogP contribution in [0.5, 0.6) is 5.75 Å². The van der Waals surface area contributed by atoms with E-state index < -0.39 is 5.97 Å². The smallest absolute Gasteiger partial charge is 1.00 e. The van der Waals surface area contributed by atoms with E-state index in [1.807, 2.05) is 0 Å². The fourth-order valence-corrected chi connectivity index (χ4v) is 2.09. The monoisotopic (exact) mass is 294 g/mol. The molecule has 2 aromatic carbocycles. The zero-order valence-corrected chi connectivity index (χ0v) is 13.5. The third-order valence-corrected chi connectivity index (χ3v) is 3.12. The van der Waals surface area contributed by atoms with E-state index in [0.717, 1.165) is 0 Å². The third kappa shape index (κ3) is 2.68. The molecule has 0 saturated carbocycles. The molecule has 3 rings (SSSR count). The minimum absolute atomic E-state index is 0. The van der Waals surface area contributed by atoms with Gasteiger partial charge in [0.1, 0.15) is 16.9 Å². The molecule has 102 valence electrons. The first-order valence-electron chi connectivity index (χ1n) is 5.88. The number of hydrogen-bond acceptors (Lipinski definition) is 4. The second kappa shape index (κ2) is 5.89. The molecule has 6 heteroatoms. The molecule has 0 aliphatic heterocycles. The van der Waals surface area contributed by atoms with E-state index in [0.29, 0.717) is 22.1 Å². The standard InChI is InChI=1S/C15H10O5.Na.H/c1-19-9-3-5-12-11(7-9)14(16)10-4-2-8(15(17)18)6-13(10)20-12;;/h2-7H,1H3,(H,17,18);;/q;+1;-1. The van der Waals surface area contributed by atoms with Gasteiger partial charge in [-0.25, -0.2) is 4.79 Å². The van der Waals surface area contributed by atoms with E-state index in [4.69, 9.17) is 14.3 Å². The van der Waals surface area contributed by atoms with Crippen molar-refractivity contribution in [2.24, 2.45) is 0 Å². The summed E-state index contributed by atoms with van der Waals surface area (Å²) in [7, 11) is 1.52. The average Bonchev–Trinajstić information content (AvgIpc) is 2.46. The molecule has 3 aromatic rings. The van der Waals surface area contributed by atoms with Crippen molar-refractivity contribution >= 4 is 27.9 Å². The summed E-state index contributed by atoms with van der Waals surface area (Å²) < 4.78 is 10.7. The van der Waals surface area contributed by atoms with Gasteiger partial charge in [0, 0.05) is 0 Å². The largest absolute Gasteiger partial charge is 1.00 e. The van der Waals surface area contributed by atoms with Crippen LogP contribution in [-0.2, 0) is 0 Å². The Morgan fingerprint density at radius 1 is 1.14 bits per heavy atom. The molecule has 1 N–H and O–H groups in total. The third-order valence-electron chi connectivity index (χ3n) is 3.12. The Labute approximate surface area is 142 Å². The fraction of sp³-hybridized carbons (Fsp3) is 0.0667. The molecule has 0 atom stereocenters. The number of carboxylic acids is 1. The Bertz CT molecular complexity index is 903. The van der Waals surface area contributed by atoms with Crippen molar-refractivity contribution < 1.29 is 50.0 Å². The molecule has 0 radical (unpaired) electrons. The molecule has 0 aliphatic carbocycles. The van der Waals surface area contributed by atoms with Crippen LogP contribution in [0, 0.1) is 0 Å². The predicted octanol–water partition coefficient (Wildman–Crippen LogP) is -0.230.